The molecule has 0 radical (unpaired) electrons. The number of nitrogens with zero attached hydrogens (tertiary/aromatic N) is 1. The summed E-state index contributed by atoms with van der Waals surface area (Å²) in [5.74, 6) is 1.38. The van der Waals surface area contributed by atoms with Gasteiger partial charge in [0.05, 0.1) is 6.10 Å². The Labute approximate surface area is 117 Å². The highest BCUT2D eigenvalue weighted by Gasteiger charge is 2.26. The number of likely N-dealkylation sites (tertiary alicyclic amines) is 1. The van der Waals surface area contributed by atoms with Gasteiger partial charge in [0.25, 0.3) is 0 Å². The smallest absolute Gasteiger partial charge is 0.222 e. The SMILES string of the molecule is CC(O)C1CCN(C(=O)CC2CCCCCC2)CC1. The Hall–Kier alpha value is -0.570. The van der Waals surface area contributed by atoms with Gasteiger partial charge in [0, 0.05) is 19.5 Å². The van der Waals surface area contributed by atoms with Crippen LogP contribution in [0, 0.1) is 11.8 Å². The van der Waals surface area contributed by atoms with Gasteiger partial charge in [-0.1, -0.05) is 25.7 Å². The van der Waals surface area contributed by atoms with Crippen LogP contribution in [0.5, 0.6) is 0 Å². The van der Waals surface area contributed by atoms with Gasteiger partial charge in [-0.25, -0.2) is 0 Å². The molecule has 2 fully saturated rings. The van der Waals surface area contributed by atoms with Gasteiger partial charge in [-0.3, -0.25) is 4.79 Å². The highest BCUT2D eigenvalue weighted by atomic mass is 16.3. The van der Waals surface area contributed by atoms with Gasteiger partial charge in [-0.05, 0) is 44.4 Å². The maximum absolute atomic E-state index is 12.3. The van der Waals surface area contributed by atoms with Crippen LogP contribution in [-0.2, 0) is 4.79 Å². The van der Waals surface area contributed by atoms with Crippen LogP contribution in [0.4, 0.5) is 0 Å². The number of carbonyl (C=O) groups excluding carboxylic acids is 1. The molecule has 0 aromatic rings. The minimum Gasteiger partial charge on any atom is -0.393 e. The third kappa shape index (κ3) is 4.48. The highest BCUT2D eigenvalue weighted by Crippen LogP contribution is 2.27. The van der Waals surface area contributed by atoms with Crippen LogP contribution >= 0.6 is 0 Å². The first kappa shape index (κ1) is 14.8. The van der Waals surface area contributed by atoms with Crippen molar-refractivity contribution >= 4 is 5.91 Å². The second-order valence-electron chi connectivity index (χ2n) is 6.52. The fraction of sp³-hybridized carbons (Fsp3) is 0.938. The first-order chi connectivity index (χ1) is 9.16. The average Bonchev–Trinajstić information content (AvgIpc) is 2.67. The Bertz CT molecular complexity index is 274. The van der Waals surface area contributed by atoms with Crippen LogP contribution in [0.25, 0.3) is 0 Å². The Morgan fingerprint density at radius 2 is 1.68 bits per heavy atom. The van der Waals surface area contributed by atoms with Crippen LogP contribution < -0.4 is 0 Å². The quantitative estimate of drug-likeness (QED) is 0.799. The molecule has 0 spiro atoms. The van der Waals surface area contributed by atoms with Crippen molar-refractivity contribution in [2.24, 2.45) is 11.8 Å². The molecule has 1 N–H and O–H groups in total. The van der Waals surface area contributed by atoms with E-state index in [-0.39, 0.29) is 6.10 Å². The number of aliphatic hydroxyl groups excluding tert-OH is 1. The molecule has 0 aromatic carbocycles. The van der Waals surface area contributed by atoms with Crippen molar-refractivity contribution < 1.29 is 9.90 Å². The predicted molar refractivity (Wildman–Crippen MR) is 76.8 cm³/mol. The molecule has 1 saturated carbocycles. The van der Waals surface area contributed by atoms with Crippen molar-refractivity contribution in [3.8, 4) is 0 Å². The molecule has 1 saturated heterocycles. The lowest BCUT2D eigenvalue weighted by Gasteiger charge is -2.34. The first-order valence-electron chi connectivity index (χ1n) is 8.12. The normalized spacial score (nSPS) is 25.1. The Balaban J connectivity index is 1.74. The predicted octanol–water partition coefficient (Wildman–Crippen LogP) is 2.97. The summed E-state index contributed by atoms with van der Waals surface area (Å²) in [6, 6.07) is 0. The zero-order valence-electron chi connectivity index (χ0n) is 12.3. The summed E-state index contributed by atoms with van der Waals surface area (Å²) in [6.07, 6.45) is 10.3. The van der Waals surface area contributed by atoms with E-state index in [9.17, 15) is 9.90 Å². The molecule has 3 nitrogen and oxygen atoms in total. The summed E-state index contributed by atoms with van der Waals surface area (Å²) in [5, 5.41) is 9.59. The van der Waals surface area contributed by atoms with E-state index in [1.165, 1.54) is 38.5 Å². The van der Waals surface area contributed by atoms with E-state index in [2.05, 4.69) is 0 Å². The highest BCUT2D eigenvalue weighted by molar-refractivity contribution is 5.76. The first-order valence-corrected chi connectivity index (χ1v) is 8.12. The lowest BCUT2D eigenvalue weighted by molar-refractivity contribution is -0.134. The van der Waals surface area contributed by atoms with Crippen molar-refractivity contribution in [3.05, 3.63) is 0 Å². The molecule has 0 aromatic heterocycles. The average molecular weight is 267 g/mol. The largest absolute Gasteiger partial charge is 0.393 e. The molecule has 1 aliphatic heterocycles. The standard InChI is InChI=1S/C16H29NO2/c1-13(18)15-8-10-17(11-9-15)16(19)12-14-6-4-2-3-5-7-14/h13-15,18H,2-12H2,1H3. The third-order valence-electron chi connectivity index (χ3n) is 5.01. The molecule has 1 aliphatic carbocycles. The molecule has 0 bridgehead atoms. The van der Waals surface area contributed by atoms with E-state index in [0.717, 1.165) is 32.4 Å². The van der Waals surface area contributed by atoms with Crippen molar-refractivity contribution in [2.75, 3.05) is 13.1 Å². The summed E-state index contributed by atoms with van der Waals surface area (Å²) in [7, 11) is 0. The van der Waals surface area contributed by atoms with Crippen LogP contribution in [-0.4, -0.2) is 35.1 Å². The van der Waals surface area contributed by atoms with Gasteiger partial charge in [0.15, 0.2) is 0 Å². The third-order valence-corrected chi connectivity index (χ3v) is 5.01. The minimum absolute atomic E-state index is 0.223. The number of amides is 1. The van der Waals surface area contributed by atoms with Gasteiger partial charge < -0.3 is 10.0 Å². The molecular weight excluding hydrogens is 238 g/mol. The van der Waals surface area contributed by atoms with Crippen molar-refractivity contribution in [1.29, 1.82) is 0 Å². The number of aliphatic hydroxyl groups is 1. The van der Waals surface area contributed by atoms with Gasteiger partial charge in [-0.2, -0.15) is 0 Å². The molecule has 1 amide bonds. The molecule has 19 heavy (non-hydrogen) atoms. The zero-order chi connectivity index (χ0) is 13.7. The van der Waals surface area contributed by atoms with Gasteiger partial charge >= 0.3 is 0 Å². The van der Waals surface area contributed by atoms with E-state index in [1.807, 2.05) is 11.8 Å². The molecule has 2 aliphatic rings. The van der Waals surface area contributed by atoms with Crippen molar-refractivity contribution in [2.45, 2.75) is 70.8 Å². The van der Waals surface area contributed by atoms with E-state index in [4.69, 9.17) is 0 Å². The van der Waals surface area contributed by atoms with Crippen LogP contribution in [0.3, 0.4) is 0 Å². The summed E-state index contributed by atoms with van der Waals surface area (Å²) in [5.41, 5.74) is 0. The molecule has 1 heterocycles. The van der Waals surface area contributed by atoms with Crippen molar-refractivity contribution in [1.82, 2.24) is 4.90 Å². The molecule has 2 rings (SSSR count). The molecule has 1 atom stereocenters. The van der Waals surface area contributed by atoms with Gasteiger partial charge in [0.2, 0.25) is 5.91 Å². The molecule has 1 unspecified atom stereocenters. The number of carbonyl (C=O) groups is 1. The number of hydrogen-bond donors (Lipinski definition) is 1. The summed E-state index contributed by atoms with van der Waals surface area (Å²) in [6.45, 7) is 3.57. The Kier molecular flexibility index (Phi) is 5.68. The Morgan fingerprint density at radius 1 is 1.11 bits per heavy atom. The fourth-order valence-electron chi connectivity index (χ4n) is 3.58. The fourth-order valence-corrected chi connectivity index (χ4v) is 3.58. The summed E-state index contributed by atoms with van der Waals surface area (Å²) >= 11 is 0. The topological polar surface area (TPSA) is 40.5 Å². The zero-order valence-corrected chi connectivity index (χ0v) is 12.3. The van der Waals surface area contributed by atoms with Gasteiger partial charge in [0.1, 0.15) is 0 Å². The maximum atomic E-state index is 12.3. The van der Waals surface area contributed by atoms with E-state index < -0.39 is 0 Å². The van der Waals surface area contributed by atoms with Crippen LogP contribution in [0.2, 0.25) is 0 Å². The number of hydrogen-bond acceptors (Lipinski definition) is 2. The Morgan fingerprint density at radius 3 is 2.21 bits per heavy atom. The van der Waals surface area contributed by atoms with Gasteiger partial charge in [-0.15, -0.1) is 0 Å². The van der Waals surface area contributed by atoms with E-state index in [1.54, 1.807) is 0 Å². The monoisotopic (exact) mass is 267 g/mol. The van der Waals surface area contributed by atoms with E-state index >= 15 is 0 Å². The van der Waals surface area contributed by atoms with Crippen LogP contribution in [0.1, 0.15) is 64.7 Å². The second kappa shape index (κ2) is 7.28. The molecular formula is C16H29NO2. The maximum Gasteiger partial charge on any atom is 0.222 e. The molecule has 110 valence electrons. The van der Waals surface area contributed by atoms with E-state index in [0.29, 0.717) is 17.7 Å². The molecule has 3 heteroatoms. The number of piperidine rings is 1. The van der Waals surface area contributed by atoms with Crippen LogP contribution in [0.15, 0.2) is 0 Å². The summed E-state index contributed by atoms with van der Waals surface area (Å²) in [4.78, 5) is 14.4. The number of rotatable bonds is 3. The lowest BCUT2D eigenvalue weighted by atomic mass is 9.91. The summed E-state index contributed by atoms with van der Waals surface area (Å²) < 4.78 is 0. The second-order valence-corrected chi connectivity index (χ2v) is 6.52. The lowest BCUT2D eigenvalue weighted by Crippen LogP contribution is -2.41. The minimum atomic E-state index is -0.223. The van der Waals surface area contributed by atoms with Crippen molar-refractivity contribution in [3.63, 3.8) is 0 Å².